The molecule has 14 heteroatoms. The Labute approximate surface area is 195 Å². The molecule has 0 aliphatic heterocycles. The van der Waals surface area contributed by atoms with Crippen molar-refractivity contribution in [1.82, 2.24) is 9.97 Å². The first-order valence-corrected chi connectivity index (χ1v) is 10.4. The minimum absolute atomic E-state index is 0.115. The van der Waals surface area contributed by atoms with Crippen LogP contribution in [-0.2, 0) is 17.2 Å². The first kappa shape index (κ1) is 26.4. The molecule has 0 aliphatic rings. The molecule has 2 aromatic heterocycles. The number of aromatic nitrogens is 3. The van der Waals surface area contributed by atoms with E-state index >= 15 is 0 Å². The first-order valence-electron chi connectivity index (χ1n) is 9.00. The van der Waals surface area contributed by atoms with Crippen molar-refractivity contribution in [3.8, 4) is 35.5 Å². The van der Waals surface area contributed by atoms with Crippen molar-refractivity contribution < 1.29 is 30.7 Å². The summed E-state index contributed by atoms with van der Waals surface area (Å²) < 4.78 is 60.8. The summed E-state index contributed by atoms with van der Waals surface area (Å²) in [6.45, 7) is 0. The number of pyridine rings is 1. The summed E-state index contributed by atoms with van der Waals surface area (Å²) in [7, 11) is -4.20. The van der Waals surface area contributed by atoms with Gasteiger partial charge in [0.15, 0.2) is 22.5 Å². The van der Waals surface area contributed by atoms with Gasteiger partial charge in [-0.15, -0.1) is 0 Å². The van der Waals surface area contributed by atoms with E-state index in [1.165, 1.54) is 18.3 Å². The zero-order valence-corrected chi connectivity index (χ0v) is 18.3. The Morgan fingerprint density at radius 2 is 1.34 bits per heavy atom. The van der Waals surface area contributed by atoms with Crippen LogP contribution in [0, 0.1) is 45.3 Å². The van der Waals surface area contributed by atoms with Crippen LogP contribution in [0.25, 0.3) is 33.4 Å². The van der Waals surface area contributed by atoms with Gasteiger partial charge >= 0.3 is 5.51 Å². The average molecular weight is 497 g/mol. The molecule has 0 N–H and O–H groups in total. The van der Waals surface area contributed by atoms with Gasteiger partial charge in [-0.05, 0) is 12.1 Å². The summed E-state index contributed by atoms with van der Waals surface area (Å²) >= 11 is 0. The molecule has 3 aromatic rings. The van der Waals surface area contributed by atoms with Crippen molar-refractivity contribution in [2.24, 2.45) is 7.05 Å². The normalized spacial score (nSPS) is 10.5. The van der Waals surface area contributed by atoms with Crippen LogP contribution in [0.2, 0.25) is 0 Å². The third-order valence-electron chi connectivity index (χ3n) is 4.24. The van der Waals surface area contributed by atoms with Gasteiger partial charge in [-0.1, -0.05) is 0 Å². The van der Waals surface area contributed by atoms with Crippen LogP contribution in [-0.4, -0.2) is 28.4 Å². The molecule has 3 rings (SSSR count). The zero-order chi connectivity index (χ0) is 26.4. The van der Waals surface area contributed by atoms with Crippen LogP contribution in [0.5, 0.6) is 0 Å². The predicted molar refractivity (Wildman–Crippen MR) is 110 cm³/mol. The highest BCUT2D eigenvalue weighted by atomic mass is 32.2. The van der Waals surface area contributed by atoms with Crippen molar-refractivity contribution in [3.63, 3.8) is 0 Å². The lowest BCUT2D eigenvalue weighted by Crippen LogP contribution is -2.25. The van der Waals surface area contributed by atoms with Gasteiger partial charge in [-0.3, -0.25) is 4.98 Å². The molecule has 0 bridgehead atoms. The second-order valence-electron chi connectivity index (χ2n) is 6.46. The number of hydrogen-bond acceptors (Lipinski definition) is 9. The van der Waals surface area contributed by atoms with E-state index in [0.717, 1.165) is 5.56 Å². The van der Waals surface area contributed by atoms with Gasteiger partial charge in [0.1, 0.15) is 42.5 Å². The molecule has 0 amide bonds. The number of nitriles is 4. The van der Waals surface area contributed by atoms with E-state index in [4.69, 9.17) is 13.0 Å². The molecule has 0 unspecified atom stereocenters. The van der Waals surface area contributed by atoms with Crippen LogP contribution in [0.1, 0.15) is 0 Å². The molecular formula is C21H10F3N7O3S. The maximum absolute atomic E-state index is 10.7. The lowest BCUT2D eigenvalue weighted by molar-refractivity contribution is -0.671. The minimum Gasteiger partial charge on any atom is -0.741 e. The summed E-state index contributed by atoms with van der Waals surface area (Å²) in [5.41, 5.74) is -3.94. The standard InChI is InChI=1S/C20H10N7.CHF3O3S/c1-27-6-4-13(5-7-27)18-12-25-19-16(14(8-21)9-22)2-3-17(20(19)26-18)15(10-23)11-24;2-1(3,4)8(5,6)7/h2-7,12H,1H3;(H,5,6,7)/q+1;/p-1. The number of fused-ring (bicyclic) bond motifs is 1. The lowest BCUT2D eigenvalue weighted by atomic mass is 10.1. The number of nitrogens with zero attached hydrogens (tertiary/aromatic N) is 7. The van der Waals surface area contributed by atoms with Crippen molar-refractivity contribution in [1.29, 1.82) is 21.0 Å². The van der Waals surface area contributed by atoms with Gasteiger partial charge in [-0.2, -0.15) is 34.2 Å². The fraction of sp³-hybridized carbons (Fsp3) is 0.0952. The van der Waals surface area contributed by atoms with E-state index in [9.17, 15) is 34.2 Å². The van der Waals surface area contributed by atoms with E-state index < -0.39 is 15.6 Å². The highest BCUT2D eigenvalue weighted by Gasteiger charge is 2.36. The third-order valence-corrected chi connectivity index (χ3v) is 4.81. The SMILES string of the molecule is C[n+]1ccc(-c2cnc3c(=C(C#N)C#N)ccc(=C(C#N)C#N)c3n2)cc1.O=S(=O)([O-])C(F)(F)F. The van der Waals surface area contributed by atoms with Crippen molar-refractivity contribution in [3.05, 3.63) is 53.3 Å². The Morgan fingerprint density at radius 1 is 0.914 bits per heavy atom. The summed E-state index contributed by atoms with van der Waals surface area (Å²) in [5, 5.41) is 37.5. The predicted octanol–water partition coefficient (Wildman–Crippen LogP) is 0.568. The fourth-order valence-corrected chi connectivity index (χ4v) is 2.60. The second kappa shape index (κ2) is 10.4. The summed E-state index contributed by atoms with van der Waals surface area (Å²) in [4.78, 5) is 8.96. The van der Waals surface area contributed by atoms with Crippen molar-refractivity contribution in [2.75, 3.05) is 0 Å². The molecule has 10 nitrogen and oxygen atoms in total. The Kier molecular flexibility index (Phi) is 7.81. The molecule has 0 saturated heterocycles. The minimum atomic E-state index is -6.09. The third kappa shape index (κ3) is 5.92. The summed E-state index contributed by atoms with van der Waals surface area (Å²) in [6.07, 6.45) is 5.26. The zero-order valence-electron chi connectivity index (χ0n) is 17.4. The van der Waals surface area contributed by atoms with Crippen LogP contribution in [0.4, 0.5) is 13.2 Å². The Balaban J connectivity index is 0.000000466. The molecule has 35 heavy (non-hydrogen) atoms. The van der Waals surface area contributed by atoms with E-state index in [1.807, 2.05) is 60.4 Å². The molecule has 0 radical (unpaired) electrons. The van der Waals surface area contributed by atoms with Crippen molar-refractivity contribution >= 4 is 32.3 Å². The molecule has 0 atom stereocenters. The van der Waals surface area contributed by atoms with Crippen LogP contribution in [0.15, 0.2) is 42.9 Å². The van der Waals surface area contributed by atoms with Crippen LogP contribution >= 0.6 is 0 Å². The Morgan fingerprint density at radius 3 is 1.74 bits per heavy atom. The Bertz CT molecular complexity index is 1670. The fourth-order valence-electron chi connectivity index (χ4n) is 2.60. The molecule has 0 fully saturated rings. The molecule has 0 spiro atoms. The summed E-state index contributed by atoms with van der Waals surface area (Å²) in [6, 6.07) is 14.1. The van der Waals surface area contributed by atoms with E-state index in [-0.39, 0.29) is 11.1 Å². The van der Waals surface area contributed by atoms with Gasteiger partial charge in [-0.25, -0.2) is 18.0 Å². The number of rotatable bonds is 1. The number of aryl methyl sites for hydroxylation is 1. The van der Waals surface area contributed by atoms with Gasteiger partial charge in [0.05, 0.1) is 22.9 Å². The van der Waals surface area contributed by atoms with Crippen molar-refractivity contribution in [2.45, 2.75) is 5.51 Å². The summed E-state index contributed by atoms with van der Waals surface area (Å²) in [5.74, 6) is 0. The highest BCUT2D eigenvalue weighted by molar-refractivity contribution is 7.86. The number of hydrogen-bond donors (Lipinski definition) is 0. The quantitative estimate of drug-likeness (QED) is 0.263. The molecule has 0 saturated carbocycles. The van der Waals surface area contributed by atoms with Gasteiger partial charge in [0.25, 0.3) is 0 Å². The number of alkyl halides is 3. The number of benzene rings is 1. The molecule has 2 heterocycles. The smallest absolute Gasteiger partial charge is 0.485 e. The molecule has 0 aliphatic carbocycles. The van der Waals surface area contributed by atoms with E-state index in [1.54, 1.807) is 0 Å². The molecule has 174 valence electrons. The largest absolute Gasteiger partial charge is 0.741 e. The van der Waals surface area contributed by atoms with Gasteiger partial charge < -0.3 is 4.55 Å². The maximum atomic E-state index is 10.7. The van der Waals surface area contributed by atoms with E-state index in [2.05, 4.69) is 9.97 Å². The molecular weight excluding hydrogens is 487 g/mol. The number of halogens is 3. The lowest BCUT2D eigenvalue weighted by Gasteiger charge is -2.08. The van der Waals surface area contributed by atoms with Crippen LogP contribution in [0.3, 0.4) is 0 Å². The van der Waals surface area contributed by atoms with Gasteiger partial charge in [0, 0.05) is 28.1 Å². The molecule has 1 aromatic carbocycles. The second-order valence-corrected chi connectivity index (χ2v) is 7.83. The Hall–Kier alpha value is -4.89. The average Bonchev–Trinajstić information content (AvgIpc) is 2.81. The van der Waals surface area contributed by atoms with Gasteiger partial charge in [0.2, 0.25) is 0 Å². The van der Waals surface area contributed by atoms with E-state index in [0.29, 0.717) is 27.2 Å². The van der Waals surface area contributed by atoms with Crippen LogP contribution < -0.4 is 15.0 Å². The monoisotopic (exact) mass is 497 g/mol. The topological polar surface area (TPSA) is 182 Å². The first-order chi connectivity index (χ1) is 16.4. The maximum Gasteiger partial charge on any atom is 0.485 e. The highest BCUT2D eigenvalue weighted by Crippen LogP contribution is 2.20.